The molecule has 0 aliphatic carbocycles. The number of nitrogens with one attached hydrogen (secondary N) is 2. The molecule has 19 heteroatoms. The average Bonchev–Trinajstić information content (AvgIpc) is 2.83. The molecular weight excluding hydrogens is 777 g/mol. The predicted molar refractivity (Wildman–Crippen MR) is 176 cm³/mol. The number of guanidine groups is 4. The van der Waals surface area contributed by atoms with Crippen LogP contribution >= 0.6 is 52.6 Å². The number of rotatable bonds is 9. The number of benzene rings is 2. The van der Waals surface area contributed by atoms with Gasteiger partial charge >= 0.3 is 22.4 Å². The molecule has 0 bridgehead atoms. The number of nitrogens with zero attached hydrogens (tertiary/aromatic N) is 4. The van der Waals surface area contributed by atoms with Gasteiger partial charge in [0.1, 0.15) is 0 Å². The minimum Gasteiger partial charge on any atom is -0.760 e. The Kier molecular flexibility index (Phi) is 27.4. The van der Waals surface area contributed by atoms with E-state index in [0.29, 0.717) is 23.1 Å². The van der Waals surface area contributed by atoms with Crippen molar-refractivity contribution in [1.82, 2.24) is 0 Å². The van der Waals surface area contributed by atoms with Crippen LogP contribution in [0.2, 0.25) is 10.0 Å². The van der Waals surface area contributed by atoms with Gasteiger partial charge in [0.2, 0.25) is 23.8 Å². The Morgan fingerprint density at radius 2 is 1.02 bits per heavy atom. The number of unbranched alkanes of at least 4 members (excludes halogenated alkanes) is 3. The maximum Gasteiger partial charge on any atom is 1.00 e. The van der Waals surface area contributed by atoms with Crippen molar-refractivity contribution in [3.05, 3.63) is 58.6 Å². The van der Waals surface area contributed by atoms with E-state index in [-0.39, 0.29) is 75.6 Å². The molecule has 0 amide bonds. The van der Waals surface area contributed by atoms with Gasteiger partial charge in [-0.05, 0) is 61.4 Å². The van der Waals surface area contributed by atoms with Crippen molar-refractivity contribution < 1.29 is 31.1 Å². The summed E-state index contributed by atoms with van der Waals surface area (Å²) in [7, 11) is 0. The zero-order valence-corrected chi connectivity index (χ0v) is 28.0. The van der Waals surface area contributed by atoms with E-state index >= 15 is 0 Å². The summed E-state index contributed by atoms with van der Waals surface area (Å²) < 4.78 is 17.6. The molecule has 0 aromatic heterocycles. The number of halogens is 4. The maximum atomic E-state index is 8.78. The third-order valence-corrected chi connectivity index (χ3v) is 4.82. The Morgan fingerprint density at radius 1 is 0.732 bits per heavy atom. The molecule has 0 saturated carbocycles. The van der Waals surface area contributed by atoms with Crippen molar-refractivity contribution >= 4 is 99.1 Å². The van der Waals surface area contributed by atoms with Gasteiger partial charge < -0.3 is 38.1 Å². The first kappa shape index (κ1) is 43.5. The molecule has 1 unspecified atom stereocenters. The molecule has 13 nitrogen and oxygen atoms in total. The number of aliphatic imine (C=N–C) groups is 4. The van der Waals surface area contributed by atoms with E-state index in [1.54, 1.807) is 48.5 Å². The molecule has 0 saturated heterocycles. The van der Waals surface area contributed by atoms with Gasteiger partial charge in [-0.1, -0.05) is 36.0 Å². The Bertz CT molecular complexity index is 1060. The zero-order chi connectivity index (χ0) is 28.3. The summed E-state index contributed by atoms with van der Waals surface area (Å²) in [6.45, 7) is 1.12. The number of anilines is 2. The van der Waals surface area contributed by atoms with E-state index in [0.717, 1.165) is 37.1 Å². The van der Waals surface area contributed by atoms with Crippen LogP contribution in [-0.2, 0) is 33.6 Å². The van der Waals surface area contributed by atoms with Crippen LogP contribution in [0.1, 0.15) is 25.7 Å². The normalized spacial score (nSPS) is 12.4. The van der Waals surface area contributed by atoms with E-state index in [1.807, 2.05) is 0 Å². The zero-order valence-electron chi connectivity index (χ0n) is 21.6. The Labute approximate surface area is 284 Å². The molecule has 0 radical (unpaired) electrons. The Morgan fingerprint density at radius 3 is 1.32 bits per heavy atom. The molecular formula is C22H34AgBrCl3N11O2S. The predicted octanol–water partition coefficient (Wildman–Crippen LogP) is 3.07. The molecule has 0 fully saturated rings. The minimum absolute atomic E-state index is 0. The monoisotopic (exact) mass is 807 g/mol. The van der Waals surface area contributed by atoms with E-state index in [1.165, 1.54) is 0 Å². The first-order valence-corrected chi connectivity index (χ1v) is 13.1. The molecule has 0 heterocycles. The van der Waals surface area contributed by atoms with Crippen molar-refractivity contribution in [2.24, 2.45) is 48.0 Å². The molecule has 12 N–H and O–H groups in total. The Balaban J connectivity index is -0.00000193. The minimum atomic E-state index is -2.36. The van der Waals surface area contributed by atoms with Gasteiger partial charge in [-0.2, -0.15) is 9.98 Å². The SMILES string of the molecule is Br.Cl.NC(=NCCCCCCN=C(N)N=C(N)Nc1ccc(Cl)cc1)N=C(N)Nc1ccc(Cl)cc1.NS(=O)[O-].[Ag+]. The van der Waals surface area contributed by atoms with Crippen LogP contribution in [0.4, 0.5) is 11.4 Å². The Hall–Kier alpha value is -1.92. The first-order valence-electron chi connectivity index (χ1n) is 11.2. The summed E-state index contributed by atoms with van der Waals surface area (Å²) in [5.74, 6) is 0.564. The second-order valence-corrected chi connectivity index (χ2v) is 8.81. The average molecular weight is 811 g/mol. The van der Waals surface area contributed by atoms with Crippen LogP contribution in [0.3, 0.4) is 0 Å². The topological polar surface area (TPSA) is 244 Å². The molecule has 2 aromatic rings. The molecule has 2 rings (SSSR count). The van der Waals surface area contributed by atoms with Gasteiger partial charge in [0.15, 0.2) is 0 Å². The van der Waals surface area contributed by atoms with E-state index < -0.39 is 11.3 Å². The molecule has 2 aromatic carbocycles. The summed E-state index contributed by atoms with van der Waals surface area (Å²) in [6, 6.07) is 14.1. The van der Waals surface area contributed by atoms with Crippen LogP contribution in [0, 0.1) is 0 Å². The second kappa shape index (κ2) is 25.8. The van der Waals surface area contributed by atoms with Crippen LogP contribution in [0.15, 0.2) is 68.5 Å². The third-order valence-electron chi connectivity index (χ3n) is 4.32. The summed E-state index contributed by atoms with van der Waals surface area (Å²) in [4.78, 5) is 16.5. The van der Waals surface area contributed by atoms with Gasteiger partial charge in [-0.3, -0.25) is 19.3 Å². The van der Waals surface area contributed by atoms with E-state index in [4.69, 9.17) is 54.9 Å². The van der Waals surface area contributed by atoms with Crippen LogP contribution in [0.25, 0.3) is 0 Å². The number of hydrogen-bond donors (Lipinski definition) is 7. The van der Waals surface area contributed by atoms with Crippen LogP contribution < -0.4 is 38.7 Å². The van der Waals surface area contributed by atoms with Gasteiger partial charge in [0.05, 0.1) is 0 Å². The van der Waals surface area contributed by atoms with Crippen LogP contribution in [0.5, 0.6) is 0 Å². The molecule has 0 spiro atoms. The second-order valence-electron chi connectivity index (χ2n) is 7.41. The fourth-order valence-corrected chi connectivity index (χ4v) is 2.95. The molecule has 234 valence electrons. The van der Waals surface area contributed by atoms with Crippen molar-refractivity contribution in [3.63, 3.8) is 0 Å². The summed E-state index contributed by atoms with van der Waals surface area (Å²) in [6.07, 6.45) is 3.68. The van der Waals surface area contributed by atoms with Crippen molar-refractivity contribution in [2.75, 3.05) is 23.7 Å². The van der Waals surface area contributed by atoms with Crippen molar-refractivity contribution in [1.29, 1.82) is 0 Å². The first-order chi connectivity index (χ1) is 18.0. The summed E-state index contributed by atoms with van der Waals surface area (Å²) >= 11 is 9.34. The molecule has 41 heavy (non-hydrogen) atoms. The molecule has 0 aliphatic heterocycles. The van der Waals surface area contributed by atoms with E-state index in [9.17, 15) is 0 Å². The van der Waals surface area contributed by atoms with Crippen molar-refractivity contribution in [3.8, 4) is 0 Å². The summed E-state index contributed by atoms with van der Waals surface area (Å²) in [5.41, 5.74) is 24.8. The fraction of sp³-hybridized carbons (Fsp3) is 0.273. The number of nitrogens with two attached hydrogens (primary N) is 5. The smallest absolute Gasteiger partial charge is 0.760 e. The van der Waals surface area contributed by atoms with Crippen molar-refractivity contribution in [2.45, 2.75) is 25.7 Å². The fourth-order valence-electron chi connectivity index (χ4n) is 2.70. The van der Waals surface area contributed by atoms with Gasteiger partial charge in [0, 0.05) is 45.8 Å². The quantitative estimate of drug-likeness (QED) is 0.0651. The molecule has 0 aliphatic rings. The number of hydrogen-bond acceptors (Lipinski definition) is 4. The maximum absolute atomic E-state index is 8.78. The van der Waals surface area contributed by atoms with E-state index in [2.05, 4.69) is 35.7 Å². The molecule has 1 atom stereocenters. The van der Waals surface area contributed by atoms with Gasteiger partial charge in [-0.15, -0.1) is 29.4 Å². The largest absolute Gasteiger partial charge is 1.00 e. The third kappa shape index (κ3) is 24.4. The standard InChI is InChI=1S/C22H30Cl2N10.Ag.BrH.ClH.H3NO2S/c23-15-5-9-17(10-6-15)31-21(27)33-19(25)29-13-3-1-2-4-14-30-20(26)34-22(28)32-18-11-7-16(24)8-12-18;;;;1-4(2)3/h5-12H,1-4,13-14H2,(H5,25,27,29,31,33)(H5,26,28,30,32,34);;2*1H;1H2,(H,2,3)/q;+1;;;/p-1. The van der Waals surface area contributed by atoms with Gasteiger partial charge in [0.25, 0.3) is 0 Å². The van der Waals surface area contributed by atoms with Gasteiger partial charge in [-0.25, -0.2) is 0 Å². The summed E-state index contributed by atoms with van der Waals surface area (Å²) in [5, 5.41) is 11.1. The van der Waals surface area contributed by atoms with Crippen LogP contribution in [-0.4, -0.2) is 45.7 Å².